The monoisotopic (exact) mass is 442 g/mol. The number of hydrogen-bond donors (Lipinski definition) is 1. The number of ketones is 1. The quantitative estimate of drug-likeness (QED) is 0.368. The topological polar surface area (TPSA) is 83.3 Å². The molecule has 0 bridgehead atoms. The molecule has 1 saturated heterocycles. The van der Waals surface area contributed by atoms with Crippen LogP contribution in [0.2, 0.25) is 0 Å². The summed E-state index contributed by atoms with van der Waals surface area (Å²) >= 11 is 0. The van der Waals surface area contributed by atoms with Crippen LogP contribution in [-0.2, 0) is 9.59 Å². The van der Waals surface area contributed by atoms with Crippen LogP contribution in [0.3, 0.4) is 0 Å². The first kappa shape index (κ1) is 23.3. The van der Waals surface area contributed by atoms with Gasteiger partial charge in [-0.15, -0.1) is 0 Å². The van der Waals surface area contributed by atoms with Crippen molar-refractivity contribution in [1.29, 1.82) is 0 Å². The Morgan fingerprint density at radius 3 is 2.31 bits per heavy atom. The third-order valence-electron chi connectivity index (χ3n) is 5.44. The Balaban J connectivity index is 2.13. The van der Waals surface area contributed by atoms with E-state index in [-0.39, 0.29) is 11.1 Å². The van der Waals surface area contributed by atoms with Crippen LogP contribution in [-0.4, -0.2) is 58.0 Å². The first-order valence-electron chi connectivity index (χ1n) is 10.3. The summed E-state index contributed by atoms with van der Waals surface area (Å²) in [6.07, 6.45) is 0.656. The molecular weight excluding hydrogens is 415 g/mol. The van der Waals surface area contributed by atoms with Gasteiger partial charge in [0.1, 0.15) is 5.82 Å². The van der Waals surface area contributed by atoms with Gasteiger partial charge >= 0.3 is 0 Å². The van der Waals surface area contributed by atoms with Crippen LogP contribution in [0.15, 0.2) is 48.0 Å². The maximum absolute atomic E-state index is 13.4. The molecule has 2 aromatic rings. The Morgan fingerprint density at radius 1 is 1.06 bits per heavy atom. The molecule has 1 fully saturated rings. The molecule has 0 saturated carbocycles. The molecule has 170 valence electrons. The number of halogens is 1. The van der Waals surface area contributed by atoms with Gasteiger partial charge in [-0.1, -0.05) is 24.0 Å². The van der Waals surface area contributed by atoms with Crippen molar-refractivity contribution < 1.29 is 33.5 Å². The van der Waals surface area contributed by atoms with Gasteiger partial charge in [0.2, 0.25) is 5.78 Å². The van der Waals surface area contributed by atoms with E-state index in [0.29, 0.717) is 30.0 Å². The number of quaternary nitrogens is 1. The van der Waals surface area contributed by atoms with Crippen LogP contribution < -0.4 is 19.5 Å². The van der Waals surface area contributed by atoms with Crippen LogP contribution in [0, 0.1) is 5.82 Å². The van der Waals surface area contributed by atoms with Gasteiger partial charge in [0.25, 0.3) is 5.91 Å². The molecule has 1 aliphatic heterocycles. The average molecular weight is 442 g/mol. The third kappa shape index (κ3) is 4.60. The van der Waals surface area contributed by atoms with Crippen LogP contribution >= 0.6 is 0 Å². The van der Waals surface area contributed by atoms with Crippen molar-refractivity contribution in [3.8, 4) is 11.5 Å². The molecule has 0 spiro atoms. The Morgan fingerprint density at radius 2 is 1.72 bits per heavy atom. The zero-order chi connectivity index (χ0) is 23.4. The highest BCUT2D eigenvalue weighted by molar-refractivity contribution is 6.46. The number of rotatable bonds is 8. The van der Waals surface area contributed by atoms with Crippen molar-refractivity contribution >= 4 is 17.4 Å². The maximum Gasteiger partial charge on any atom is 0.295 e. The minimum absolute atomic E-state index is 0.146. The highest BCUT2D eigenvalue weighted by atomic mass is 19.1. The van der Waals surface area contributed by atoms with E-state index in [4.69, 9.17) is 9.47 Å². The van der Waals surface area contributed by atoms with E-state index in [9.17, 15) is 19.1 Å². The molecule has 0 aliphatic carbocycles. The number of hydrogen-bond acceptors (Lipinski definition) is 5. The largest absolute Gasteiger partial charge is 0.872 e. The molecule has 2 aromatic carbocycles. The number of likely N-dealkylation sites (tertiary alicyclic amines) is 1. The van der Waals surface area contributed by atoms with Gasteiger partial charge in [-0.05, 0) is 35.4 Å². The van der Waals surface area contributed by atoms with Crippen molar-refractivity contribution in [2.45, 2.75) is 12.5 Å². The number of Topliss-reactive ketones (excluding diaryl/α,β-unsaturated/α-hetero) is 1. The smallest absolute Gasteiger partial charge is 0.295 e. The summed E-state index contributed by atoms with van der Waals surface area (Å²) < 4.78 is 24.0. The molecule has 0 aromatic heterocycles. The number of methoxy groups -OCH3 is 2. The lowest BCUT2D eigenvalue weighted by Crippen LogP contribution is -3.05. The predicted molar refractivity (Wildman–Crippen MR) is 115 cm³/mol. The molecule has 7 nitrogen and oxygen atoms in total. The summed E-state index contributed by atoms with van der Waals surface area (Å²) in [6, 6.07) is 9.10. The lowest BCUT2D eigenvalue weighted by molar-refractivity contribution is -0.858. The van der Waals surface area contributed by atoms with Gasteiger partial charge in [-0.3, -0.25) is 9.59 Å². The molecule has 1 amide bonds. The Labute approximate surface area is 186 Å². The minimum Gasteiger partial charge on any atom is -0.872 e. The molecule has 1 atom stereocenters. The SMILES string of the molecule is COc1ccc(C2/C(=C(\[O-])c3ccc(F)cc3)C(=O)C(=O)N2CCC[NH+](C)C)cc1OC. The third-order valence-corrected chi connectivity index (χ3v) is 5.44. The van der Waals surface area contributed by atoms with E-state index in [1.165, 1.54) is 36.2 Å². The highest BCUT2D eigenvalue weighted by Gasteiger charge is 2.44. The summed E-state index contributed by atoms with van der Waals surface area (Å²) in [5.74, 6) is -1.74. The second-order valence-electron chi connectivity index (χ2n) is 7.90. The zero-order valence-corrected chi connectivity index (χ0v) is 18.6. The molecular formula is C24H27FN2O5. The van der Waals surface area contributed by atoms with Crippen molar-refractivity contribution in [2.24, 2.45) is 0 Å². The maximum atomic E-state index is 13.4. The number of nitrogens with zero attached hydrogens (tertiary/aromatic N) is 1. The molecule has 32 heavy (non-hydrogen) atoms. The fourth-order valence-electron chi connectivity index (χ4n) is 3.83. The highest BCUT2D eigenvalue weighted by Crippen LogP contribution is 2.41. The fourth-order valence-corrected chi connectivity index (χ4v) is 3.83. The van der Waals surface area contributed by atoms with Crippen molar-refractivity contribution in [3.63, 3.8) is 0 Å². The number of carbonyl (C=O) groups excluding carboxylic acids is 2. The number of amides is 1. The van der Waals surface area contributed by atoms with Crippen LogP contribution in [0.4, 0.5) is 4.39 Å². The molecule has 1 heterocycles. The fraction of sp³-hybridized carbons (Fsp3) is 0.333. The van der Waals surface area contributed by atoms with Crippen LogP contribution in [0.1, 0.15) is 23.6 Å². The minimum atomic E-state index is -0.871. The van der Waals surface area contributed by atoms with Crippen LogP contribution in [0.25, 0.3) is 5.76 Å². The zero-order valence-electron chi connectivity index (χ0n) is 18.6. The number of carbonyl (C=O) groups is 2. The van der Waals surface area contributed by atoms with Gasteiger partial charge in [-0.2, -0.15) is 0 Å². The van der Waals surface area contributed by atoms with Gasteiger partial charge in [0.05, 0.1) is 40.9 Å². The van der Waals surface area contributed by atoms with E-state index in [0.717, 1.165) is 18.7 Å². The normalized spacial score (nSPS) is 17.8. The lowest BCUT2D eigenvalue weighted by atomic mass is 9.95. The number of benzene rings is 2. The van der Waals surface area contributed by atoms with Crippen molar-refractivity contribution in [1.82, 2.24) is 4.90 Å². The van der Waals surface area contributed by atoms with E-state index in [1.54, 1.807) is 18.2 Å². The van der Waals surface area contributed by atoms with E-state index >= 15 is 0 Å². The summed E-state index contributed by atoms with van der Waals surface area (Å²) in [4.78, 5) is 28.5. The lowest BCUT2D eigenvalue weighted by Gasteiger charge is -2.28. The number of ether oxygens (including phenoxy) is 2. The predicted octanol–water partition coefficient (Wildman–Crippen LogP) is 0.602. The van der Waals surface area contributed by atoms with E-state index in [1.807, 2.05) is 14.1 Å². The summed E-state index contributed by atoms with van der Waals surface area (Å²) in [5, 5.41) is 13.3. The van der Waals surface area contributed by atoms with E-state index < -0.39 is 29.3 Å². The van der Waals surface area contributed by atoms with Gasteiger partial charge < -0.3 is 24.4 Å². The molecule has 1 aliphatic rings. The Bertz CT molecular complexity index is 1030. The molecule has 1 N–H and O–H groups in total. The second kappa shape index (κ2) is 9.82. The van der Waals surface area contributed by atoms with Crippen molar-refractivity contribution in [3.05, 3.63) is 65.0 Å². The van der Waals surface area contributed by atoms with E-state index in [2.05, 4.69) is 0 Å². The summed E-state index contributed by atoms with van der Waals surface area (Å²) in [7, 11) is 6.99. The Kier molecular flexibility index (Phi) is 7.15. The average Bonchev–Trinajstić information content (AvgIpc) is 3.03. The molecule has 0 radical (unpaired) electrons. The first-order chi connectivity index (χ1) is 15.3. The van der Waals surface area contributed by atoms with Crippen molar-refractivity contribution in [2.75, 3.05) is 41.4 Å². The van der Waals surface area contributed by atoms with Crippen LogP contribution in [0.5, 0.6) is 11.5 Å². The van der Waals surface area contributed by atoms with Gasteiger partial charge in [0.15, 0.2) is 11.5 Å². The summed E-state index contributed by atoms with van der Waals surface area (Å²) in [5.41, 5.74) is 0.558. The molecule has 8 heteroatoms. The van der Waals surface area contributed by atoms with Gasteiger partial charge in [0, 0.05) is 18.5 Å². The molecule has 1 unspecified atom stereocenters. The molecule has 3 rings (SSSR count). The first-order valence-corrected chi connectivity index (χ1v) is 10.3. The second-order valence-corrected chi connectivity index (χ2v) is 7.90. The number of nitrogens with one attached hydrogen (secondary N) is 1. The Hall–Kier alpha value is -3.39. The standard InChI is InChI=1S/C24H27FN2O5/c1-26(2)12-5-13-27-21(16-8-11-18(31-3)19(14-16)32-4)20(23(29)24(27)30)22(28)15-6-9-17(25)10-7-15/h6-11,14,21,28H,5,12-13H2,1-4H3/b22-20+. The van der Waals surface area contributed by atoms with Gasteiger partial charge in [-0.25, -0.2) is 4.39 Å². The summed E-state index contributed by atoms with van der Waals surface area (Å²) in [6.45, 7) is 1.10.